The molecule has 1 aromatic carbocycles. The van der Waals surface area contributed by atoms with Crippen LogP contribution in [0.25, 0.3) is 0 Å². The zero-order valence-electron chi connectivity index (χ0n) is 13.1. The summed E-state index contributed by atoms with van der Waals surface area (Å²) in [7, 11) is 6.97. The van der Waals surface area contributed by atoms with Crippen LogP contribution < -0.4 is 19.5 Å². The maximum Gasteiger partial charge on any atom is 0.222 e. The van der Waals surface area contributed by atoms with Crippen LogP contribution in [0.5, 0.6) is 23.1 Å². The normalized spacial score (nSPS) is 10.5. The van der Waals surface area contributed by atoms with Crippen molar-refractivity contribution in [1.82, 2.24) is 15.1 Å². The van der Waals surface area contributed by atoms with Gasteiger partial charge in [-0.2, -0.15) is 5.10 Å². The number of aromatic nitrogens is 2. The van der Waals surface area contributed by atoms with Gasteiger partial charge >= 0.3 is 0 Å². The fraction of sp³-hybridized carbons (Fsp3) is 0.400. The summed E-state index contributed by atoms with van der Waals surface area (Å²) in [6.07, 6.45) is 0. The van der Waals surface area contributed by atoms with Crippen LogP contribution in [0.2, 0.25) is 0 Å². The SMILES string of the molecule is CNCc1c(C)nn(C)c1Oc1cc(OC)cc(OC)c1. The number of benzene rings is 1. The van der Waals surface area contributed by atoms with Crippen molar-refractivity contribution >= 4 is 0 Å². The first kappa shape index (κ1) is 15.2. The predicted octanol–water partition coefficient (Wildman–Crippen LogP) is 2.26. The zero-order valence-corrected chi connectivity index (χ0v) is 13.1. The van der Waals surface area contributed by atoms with Gasteiger partial charge in [-0.25, -0.2) is 4.68 Å². The molecule has 1 aromatic heterocycles. The van der Waals surface area contributed by atoms with Gasteiger partial charge < -0.3 is 19.5 Å². The van der Waals surface area contributed by atoms with E-state index in [2.05, 4.69) is 10.4 Å². The summed E-state index contributed by atoms with van der Waals surface area (Å²) in [4.78, 5) is 0. The Hall–Kier alpha value is -2.21. The van der Waals surface area contributed by atoms with Crippen molar-refractivity contribution in [3.8, 4) is 23.1 Å². The summed E-state index contributed by atoms with van der Waals surface area (Å²) in [6.45, 7) is 2.65. The second-order valence-corrected chi connectivity index (χ2v) is 4.67. The fourth-order valence-corrected chi connectivity index (χ4v) is 2.14. The molecule has 2 rings (SSSR count). The van der Waals surface area contributed by atoms with Gasteiger partial charge in [-0.15, -0.1) is 0 Å². The maximum atomic E-state index is 6.00. The summed E-state index contributed by atoms with van der Waals surface area (Å²) in [5.41, 5.74) is 1.97. The van der Waals surface area contributed by atoms with Crippen molar-refractivity contribution in [2.75, 3.05) is 21.3 Å². The number of nitrogens with one attached hydrogen (secondary N) is 1. The molecule has 0 aliphatic rings. The number of nitrogens with zero attached hydrogens (tertiary/aromatic N) is 2. The first-order chi connectivity index (χ1) is 10.1. The highest BCUT2D eigenvalue weighted by atomic mass is 16.5. The molecule has 0 bridgehead atoms. The molecule has 0 unspecified atom stereocenters. The number of hydrogen-bond donors (Lipinski definition) is 1. The molecule has 1 N–H and O–H groups in total. The van der Waals surface area contributed by atoms with Crippen LogP contribution in [0, 0.1) is 6.92 Å². The largest absolute Gasteiger partial charge is 0.496 e. The van der Waals surface area contributed by atoms with Crippen molar-refractivity contribution < 1.29 is 14.2 Å². The van der Waals surface area contributed by atoms with Crippen LogP contribution in [0.15, 0.2) is 18.2 Å². The molecule has 0 radical (unpaired) electrons. The quantitative estimate of drug-likeness (QED) is 0.884. The Balaban J connectivity index is 2.37. The van der Waals surface area contributed by atoms with Crippen LogP contribution in [0.3, 0.4) is 0 Å². The average molecular weight is 291 g/mol. The van der Waals surface area contributed by atoms with Crippen LogP contribution in [-0.2, 0) is 13.6 Å². The summed E-state index contributed by atoms with van der Waals surface area (Å²) in [5, 5.41) is 7.53. The van der Waals surface area contributed by atoms with Crippen LogP contribution in [0.4, 0.5) is 0 Å². The molecular formula is C15H21N3O3. The van der Waals surface area contributed by atoms with Gasteiger partial charge in [0, 0.05) is 31.8 Å². The summed E-state index contributed by atoms with van der Waals surface area (Å²) < 4.78 is 18.2. The highest BCUT2D eigenvalue weighted by Crippen LogP contribution is 2.32. The lowest BCUT2D eigenvalue weighted by atomic mass is 10.2. The van der Waals surface area contributed by atoms with Crippen LogP contribution in [-0.4, -0.2) is 31.0 Å². The van der Waals surface area contributed by atoms with Gasteiger partial charge in [0.1, 0.15) is 17.2 Å². The summed E-state index contributed by atoms with van der Waals surface area (Å²) in [5.74, 6) is 2.71. The lowest BCUT2D eigenvalue weighted by molar-refractivity contribution is 0.380. The highest BCUT2D eigenvalue weighted by Gasteiger charge is 2.15. The summed E-state index contributed by atoms with van der Waals surface area (Å²) >= 11 is 0. The molecule has 1 heterocycles. The minimum Gasteiger partial charge on any atom is -0.496 e. The van der Waals surface area contributed by atoms with E-state index in [1.54, 1.807) is 25.0 Å². The van der Waals surface area contributed by atoms with Crippen LogP contribution in [0.1, 0.15) is 11.3 Å². The van der Waals surface area contributed by atoms with Gasteiger partial charge in [-0.1, -0.05) is 0 Å². The standard InChI is InChI=1S/C15H21N3O3/c1-10-14(9-16-2)15(18(3)17-10)21-13-7-11(19-4)6-12(8-13)20-5/h6-8,16H,9H2,1-5H3. The summed E-state index contributed by atoms with van der Waals surface area (Å²) in [6, 6.07) is 5.43. The molecule has 0 aliphatic carbocycles. The Morgan fingerprint density at radius 3 is 2.19 bits per heavy atom. The van der Waals surface area contributed by atoms with E-state index in [-0.39, 0.29) is 0 Å². The van der Waals surface area contributed by atoms with E-state index in [1.165, 1.54) is 0 Å². The Morgan fingerprint density at radius 1 is 1.10 bits per heavy atom. The molecule has 0 saturated heterocycles. The molecule has 0 atom stereocenters. The molecule has 6 heteroatoms. The third kappa shape index (κ3) is 3.28. The number of ether oxygens (including phenoxy) is 3. The molecule has 6 nitrogen and oxygen atoms in total. The molecule has 0 fully saturated rings. The fourth-order valence-electron chi connectivity index (χ4n) is 2.14. The van der Waals surface area contributed by atoms with Gasteiger partial charge in [-0.3, -0.25) is 0 Å². The molecule has 0 amide bonds. The second kappa shape index (κ2) is 6.49. The van der Waals surface area contributed by atoms with E-state index >= 15 is 0 Å². The topological polar surface area (TPSA) is 57.5 Å². The second-order valence-electron chi connectivity index (χ2n) is 4.67. The molecule has 0 spiro atoms. The first-order valence-corrected chi connectivity index (χ1v) is 6.67. The van der Waals surface area contributed by atoms with E-state index in [9.17, 15) is 0 Å². The number of rotatable bonds is 6. The van der Waals surface area contributed by atoms with Gasteiger partial charge in [0.05, 0.1) is 25.5 Å². The van der Waals surface area contributed by atoms with Crippen molar-refractivity contribution in [2.45, 2.75) is 13.5 Å². The van der Waals surface area contributed by atoms with Gasteiger partial charge in [0.2, 0.25) is 5.88 Å². The monoisotopic (exact) mass is 291 g/mol. The van der Waals surface area contributed by atoms with E-state index < -0.39 is 0 Å². The van der Waals surface area contributed by atoms with E-state index in [4.69, 9.17) is 14.2 Å². The maximum absolute atomic E-state index is 6.00. The number of methoxy groups -OCH3 is 2. The molecule has 2 aromatic rings. The van der Waals surface area contributed by atoms with Crippen molar-refractivity contribution in [3.63, 3.8) is 0 Å². The lowest BCUT2D eigenvalue weighted by Gasteiger charge is -2.11. The van der Waals surface area contributed by atoms with E-state index in [0.717, 1.165) is 11.3 Å². The Kier molecular flexibility index (Phi) is 4.70. The zero-order chi connectivity index (χ0) is 15.4. The molecule has 0 aliphatic heterocycles. The third-order valence-electron chi connectivity index (χ3n) is 3.18. The van der Waals surface area contributed by atoms with Crippen molar-refractivity contribution in [2.24, 2.45) is 7.05 Å². The smallest absolute Gasteiger partial charge is 0.222 e. The van der Waals surface area contributed by atoms with Gasteiger partial charge in [-0.05, 0) is 14.0 Å². The molecule has 114 valence electrons. The Labute approximate surface area is 124 Å². The molecular weight excluding hydrogens is 270 g/mol. The van der Waals surface area contributed by atoms with Crippen LogP contribution >= 0.6 is 0 Å². The minimum absolute atomic E-state index is 0.645. The molecule has 21 heavy (non-hydrogen) atoms. The van der Waals surface area contributed by atoms with Crippen molar-refractivity contribution in [3.05, 3.63) is 29.5 Å². The minimum atomic E-state index is 0.645. The van der Waals surface area contributed by atoms with Crippen molar-refractivity contribution in [1.29, 1.82) is 0 Å². The Morgan fingerprint density at radius 2 is 1.67 bits per heavy atom. The Bertz CT molecular complexity index is 601. The number of hydrogen-bond acceptors (Lipinski definition) is 5. The third-order valence-corrected chi connectivity index (χ3v) is 3.18. The first-order valence-electron chi connectivity index (χ1n) is 6.67. The van der Waals surface area contributed by atoms with E-state index in [1.807, 2.05) is 33.2 Å². The lowest BCUT2D eigenvalue weighted by Crippen LogP contribution is -2.07. The van der Waals surface area contributed by atoms with Gasteiger partial charge in [0.15, 0.2) is 0 Å². The van der Waals surface area contributed by atoms with Gasteiger partial charge in [0.25, 0.3) is 0 Å². The van der Waals surface area contributed by atoms with E-state index in [0.29, 0.717) is 29.7 Å². The number of aryl methyl sites for hydroxylation is 2. The average Bonchev–Trinajstić information content (AvgIpc) is 2.74. The predicted molar refractivity (Wildman–Crippen MR) is 80.3 cm³/mol. The highest BCUT2D eigenvalue weighted by molar-refractivity contribution is 5.44. The molecule has 0 saturated carbocycles.